The van der Waals surface area contributed by atoms with Crippen molar-refractivity contribution >= 4 is 16.9 Å². The largest absolute Gasteiger partial charge is 0.338 e. The van der Waals surface area contributed by atoms with Crippen LogP contribution in [0.2, 0.25) is 0 Å². The number of fused-ring (bicyclic) bond motifs is 1. The summed E-state index contributed by atoms with van der Waals surface area (Å²) in [7, 11) is 0. The monoisotopic (exact) mass is 420 g/mol. The van der Waals surface area contributed by atoms with E-state index in [0.717, 1.165) is 34.4 Å². The number of hydrogen-bond acceptors (Lipinski definition) is 4. The average Bonchev–Trinajstić information content (AvgIpc) is 3.41. The van der Waals surface area contributed by atoms with Gasteiger partial charge in [0.05, 0.1) is 17.4 Å². The van der Waals surface area contributed by atoms with E-state index in [1.165, 1.54) is 11.6 Å². The molecule has 2 aromatic heterocycles. The van der Waals surface area contributed by atoms with Crippen LogP contribution in [-0.4, -0.2) is 31.4 Å². The Labute approximate surface area is 180 Å². The molecule has 0 radical (unpaired) electrons. The van der Waals surface area contributed by atoms with E-state index in [1.807, 2.05) is 53.7 Å². The molecule has 0 N–H and O–H groups in total. The molecule has 3 atom stereocenters. The molecule has 1 saturated heterocycles. The van der Waals surface area contributed by atoms with E-state index in [0.29, 0.717) is 11.7 Å². The number of halogens is 1. The van der Waals surface area contributed by atoms with Gasteiger partial charge in [0.25, 0.3) is 0 Å². The van der Waals surface area contributed by atoms with E-state index in [2.05, 4.69) is 35.9 Å². The van der Waals surface area contributed by atoms with Crippen LogP contribution in [-0.2, 0) is 0 Å². The minimum absolute atomic E-state index is 0.0578. The van der Waals surface area contributed by atoms with Crippen LogP contribution in [0.1, 0.15) is 48.1 Å². The van der Waals surface area contributed by atoms with Gasteiger partial charge in [-0.3, -0.25) is 9.98 Å². The van der Waals surface area contributed by atoms with Gasteiger partial charge < -0.3 is 9.47 Å². The van der Waals surface area contributed by atoms with Crippen LogP contribution in [0, 0.1) is 19.7 Å². The van der Waals surface area contributed by atoms with E-state index < -0.39 is 0 Å². The molecule has 1 aromatic carbocycles. The third-order valence-electron chi connectivity index (χ3n) is 6.21. The molecule has 154 valence electrons. The second kappa shape index (κ2) is 7.58. The number of pyridine rings is 1. The normalized spacial score (nSPS) is 23.0. The third kappa shape index (κ3) is 2.97. The van der Waals surface area contributed by atoms with Gasteiger partial charge >= 0.3 is 0 Å². The van der Waals surface area contributed by atoms with Gasteiger partial charge in [0, 0.05) is 29.4 Å². The Morgan fingerprint density at radius 1 is 1.13 bits per heavy atom. The number of aliphatic imine (C=N–C) groups is 1. The highest BCUT2D eigenvalue weighted by Crippen LogP contribution is 2.49. The predicted octanol–water partition coefficient (Wildman–Crippen LogP) is 5.61. The molecule has 3 aromatic rings. The number of amidine groups is 1. The molecule has 1 fully saturated rings. The summed E-state index contributed by atoms with van der Waals surface area (Å²) in [5.74, 6) is 0.853. The van der Waals surface area contributed by atoms with Gasteiger partial charge in [-0.05, 0) is 56.2 Å². The van der Waals surface area contributed by atoms with E-state index in [-0.39, 0.29) is 17.9 Å². The fourth-order valence-electron chi connectivity index (χ4n) is 4.78. The maximum absolute atomic E-state index is 14.6. The number of aryl methyl sites for hydroxylation is 1. The predicted molar refractivity (Wildman–Crippen MR) is 121 cm³/mol. The number of aromatic nitrogens is 2. The Morgan fingerprint density at radius 2 is 1.93 bits per heavy atom. The lowest BCUT2D eigenvalue weighted by Gasteiger charge is -2.32. The van der Waals surface area contributed by atoms with E-state index in [9.17, 15) is 4.39 Å². The quantitative estimate of drug-likeness (QED) is 0.550. The lowest BCUT2D eigenvalue weighted by molar-refractivity contribution is 0.254. The fraction of sp³-hybridized carbons (Fsp3) is 0.333. The first-order valence-corrected chi connectivity index (χ1v) is 11.4. The minimum atomic E-state index is -0.210. The number of benzene rings is 1. The third-order valence-corrected chi connectivity index (χ3v) is 7.34. The Bertz CT molecular complexity index is 1110. The molecule has 0 unspecified atom stereocenters. The highest BCUT2D eigenvalue weighted by molar-refractivity contribution is 8.14. The highest BCUT2D eigenvalue weighted by atomic mass is 32.2. The summed E-state index contributed by atoms with van der Waals surface area (Å²) in [6.07, 6.45) is 2.91. The number of hydrogen-bond donors (Lipinski definition) is 0. The maximum Gasteiger partial charge on any atom is 0.160 e. The zero-order valence-corrected chi connectivity index (χ0v) is 18.2. The van der Waals surface area contributed by atoms with Gasteiger partial charge in [-0.1, -0.05) is 36.9 Å². The summed E-state index contributed by atoms with van der Waals surface area (Å²) in [6, 6.07) is 15.7. The fourth-order valence-corrected chi connectivity index (χ4v) is 6.12. The topological polar surface area (TPSA) is 33.4 Å². The number of para-hydroxylation sites is 1. The molecular weight excluding hydrogens is 395 g/mol. The standard InChI is InChI=1S/C24H25FN4S/c1-4-17-14-30-24-27-22(20-10-7-8-12-26-20)23(29(17)24)18-13-15(2)28(16(18)3)21-11-6-5-9-19(21)25/h5-13,17,22-23H,4,14H2,1-3H3/t17-,22+,23+/m0/s1. The molecule has 0 bridgehead atoms. The number of nitrogens with zero attached hydrogens (tertiary/aromatic N) is 4. The Kier molecular flexibility index (Phi) is 4.89. The van der Waals surface area contributed by atoms with Crippen molar-refractivity contribution in [2.75, 3.05) is 5.75 Å². The molecule has 0 spiro atoms. The number of rotatable bonds is 4. The zero-order chi connectivity index (χ0) is 20.8. The summed E-state index contributed by atoms with van der Waals surface area (Å²) in [5.41, 5.74) is 4.87. The average molecular weight is 421 g/mol. The van der Waals surface area contributed by atoms with Crippen LogP contribution in [0.15, 0.2) is 59.7 Å². The van der Waals surface area contributed by atoms with Gasteiger partial charge in [-0.2, -0.15) is 0 Å². The second-order valence-electron chi connectivity index (χ2n) is 7.95. The summed E-state index contributed by atoms with van der Waals surface area (Å²) in [4.78, 5) is 12.2. The molecule has 5 rings (SSSR count). The van der Waals surface area contributed by atoms with Crippen molar-refractivity contribution in [1.29, 1.82) is 0 Å². The van der Waals surface area contributed by atoms with E-state index >= 15 is 0 Å². The first-order valence-electron chi connectivity index (χ1n) is 10.4. The van der Waals surface area contributed by atoms with Gasteiger partial charge in [-0.25, -0.2) is 4.39 Å². The van der Waals surface area contributed by atoms with Crippen molar-refractivity contribution in [2.45, 2.75) is 45.3 Å². The van der Waals surface area contributed by atoms with Crippen molar-refractivity contribution in [3.05, 3.63) is 83.2 Å². The van der Waals surface area contributed by atoms with E-state index in [4.69, 9.17) is 4.99 Å². The second-order valence-corrected chi connectivity index (χ2v) is 8.94. The van der Waals surface area contributed by atoms with Crippen molar-refractivity contribution in [3.8, 4) is 5.69 Å². The minimum Gasteiger partial charge on any atom is -0.338 e. The zero-order valence-electron chi connectivity index (χ0n) is 17.4. The van der Waals surface area contributed by atoms with Crippen molar-refractivity contribution in [3.63, 3.8) is 0 Å². The highest BCUT2D eigenvalue weighted by Gasteiger charge is 2.46. The maximum atomic E-state index is 14.6. The van der Waals surface area contributed by atoms with Crippen LogP contribution >= 0.6 is 11.8 Å². The molecular formula is C24H25FN4S. The van der Waals surface area contributed by atoms with Gasteiger partial charge in [-0.15, -0.1) is 0 Å². The summed E-state index contributed by atoms with van der Waals surface area (Å²) < 4.78 is 16.7. The molecule has 2 aliphatic rings. The summed E-state index contributed by atoms with van der Waals surface area (Å²) in [6.45, 7) is 6.37. The Hall–Kier alpha value is -2.60. The van der Waals surface area contributed by atoms with Crippen molar-refractivity contribution in [1.82, 2.24) is 14.5 Å². The van der Waals surface area contributed by atoms with Crippen LogP contribution in [0.4, 0.5) is 4.39 Å². The van der Waals surface area contributed by atoms with Crippen LogP contribution in [0.25, 0.3) is 5.69 Å². The molecule has 6 heteroatoms. The molecule has 2 aliphatic heterocycles. The molecule has 0 saturated carbocycles. The lowest BCUT2D eigenvalue weighted by atomic mass is 9.95. The van der Waals surface area contributed by atoms with E-state index in [1.54, 1.807) is 6.07 Å². The van der Waals surface area contributed by atoms with Crippen molar-refractivity contribution in [2.24, 2.45) is 4.99 Å². The molecule has 4 nitrogen and oxygen atoms in total. The van der Waals surface area contributed by atoms with Crippen molar-refractivity contribution < 1.29 is 4.39 Å². The van der Waals surface area contributed by atoms with Crippen LogP contribution in [0.3, 0.4) is 0 Å². The molecule has 4 heterocycles. The molecule has 0 aliphatic carbocycles. The van der Waals surface area contributed by atoms with Crippen LogP contribution in [0.5, 0.6) is 0 Å². The van der Waals surface area contributed by atoms with Gasteiger partial charge in [0.1, 0.15) is 11.9 Å². The van der Waals surface area contributed by atoms with Gasteiger partial charge in [0.15, 0.2) is 5.17 Å². The van der Waals surface area contributed by atoms with Crippen LogP contribution < -0.4 is 0 Å². The summed E-state index contributed by atoms with van der Waals surface area (Å²) >= 11 is 1.84. The molecule has 30 heavy (non-hydrogen) atoms. The van der Waals surface area contributed by atoms with Gasteiger partial charge in [0.2, 0.25) is 0 Å². The SMILES string of the molecule is CC[C@H]1CSC2=N[C@H](c3ccccn3)[C@@H](c3cc(C)n(-c4ccccc4F)c3C)N21. The number of thioether (sulfide) groups is 1. The Balaban J connectivity index is 1.66. The molecule has 0 amide bonds. The first-order chi connectivity index (χ1) is 14.6. The first kappa shape index (κ1) is 19.4. The lowest BCUT2D eigenvalue weighted by Crippen LogP contribution is -2.35. The summed E-state index contributed by atoms with van der Waals surface area (Å²) in [5, 5.41) is 1.11. The Morgan fingerprint density at radius 3 is 2.67 bits per heavy atom. The smallest absolute Gasteiger partial charge is 0.160 e.